The summed E-state index contributed by atoms with van der Waals surface area (Å²) < 4.78 is 5.64. The molecule has 0 N–H and O–H groups in total. The smallest absolute Gasteiger partial charge is 0.264 e. The van der Waals surface area contributed by atoms with Crippen LogP contribution in [0.15, 0.2) is 18.2 Å². The van der Waals surface area contributed by atoms with Crippen LogP contribution in [-0.4, -0.2) is 59.5 Å². The van der Waals surface area contributed by atoms with E-state index in [2.05, 4.69) is 0 Å². The summed E-state index contributed by atoms with van der Waals surface area (Å²) >= 11 is 13.4. The zero-order chi connectivity index (χ0) is 17.1. The van der Waals surface area contributed by atoms with Crippen LogP contribution in [0.5, 0.6) is 5.75 Å². The Morgan fingerprint density at radius 2 is 1.91 bits per heavy atom. The highest BCUT2D eigenvalue weighted by molar-refractivity contribution is 7.99. The molecule has 1 saturated heterocycles. The fourth-order valence-corrected chi connectivity index (χ4v) is 3.91. The molecule has 2 atom stereocenters. The average molecular weight is 377 g/mol. The van der Waals surface area contributed by atoms with E-state index in [4.69, 9.17) is 27.9 Å². The molecule has 2 amide bonds. The minimum Gasteiger partial charge on any atom is -0.481 e. The standard InChI is InChI=1S/C15H18Cl2N2O3S/c1-9(22-12-5-10(16)4-11(17)6-12)14(20)19-8-23-7-13(19)15(21)18(2)3/h4-6,9,13H,7-8H2,1-3H3/t9-,13+/m1/s1. The minimum atomic E-state index is -0.735. The number of hydrogen-bond acceptors (Lipinski definition) is 4. The molecule has 1 fully saturated rings. The molecule has 0 saturated carbocycles. The molecule has 5 nitrogen and oxygen atoms in total. The highest BCUT2D eigenvalue weighted by atomic mass is 35.5. The van der Waals surface area contributed by atoms with Gasteiger partial charge in [-0.05, 0) is 25.1 Å². The van der Waals surface area contributed by atoms with Crippen molar-refractivity contribution < 1.29 is 14.3 Å². The third-order valence-corrected chi connectivity index (χ3v) is 4.84. The summed E-state index contributed by atoms with van der Waals surface area (Å²) in [5.74, 6) is 1.18. The summed E-state index contributed by atoms with van der Waals surface area (Å²) in [4.78, 5) is 27.8. The Morgan fingerprint density at radius 3 is 2.48 bits per heavy atom. The molecule has 0 radical (unpaired) electrons. The Bertz CT molecular complexity index is 592. The van der Waals surface area contributed by atoms with Crippen LogP contribution >= 0.6 is 35.0 Å². The van der Waals surface area contributed by atoms with E-state index < -0.39 is 12.1 Å². The first-order valence-electron chi connectivity index (χ1n) is 7.01. The molecule has 8 heteroatoms. The van der Waals surface area contributed by atoms with Crippen LogP contribution in [0.3, 0.4) is 0 Å². The van der Waals surface area contributed by atoms with Gasteiger partial charge in [-0.3, -0.25) is 9.59 Å². The predicted octanol–water partition coefficient (Wildman–Crippen LogP) is 2.75. The number of amides is 2. The van der Waals surface area contributed by atoms with Crippen molar-refractivity contribution in [2.75, 3.05) is 25.7 Å². The molecule has 1 aromatic rings. The Balaban J connectivity index is 2.08. The normalized spacial score (nSPS) is 18.7. The van der Waals surface area contributed by atoms with Gasteiger partial charge in [-0.2, -0.15) is 0 Å². The summed E-state index contributed by atoms with van der Waals surface area (Å²) in [5.41, 5.74) is 0. The molecular formula is C15H18Cl2N2O3S. The van der Waals surface area contributed by atoms with Crippen LogP contribution in [0, 0.1) is 0 Å². The second-order valence-electron chi connectivity index (χ2n) is 5.42. The molecule has 0 unspecified atom stereocenters. The number of rotatable bonds is 4. The molecule has 0 bridgehead atoms. The third kappa shape index (κ3) is 4.46. The molecule has 0 spiro atoms. The molecule has 0 aliphatic carbocycles. The third-order valence-electron chi connectivity index (χ3n) is 3.39. The number of likely N-dealkylation sites (N-methyl/N-ethyl adjacent to an activating group) is 1. The lowest BCUT2D eigenvalue weighted by atomic mass is 10.2. The van der Waals surface area contributed by atoms with Crippen molar-refractivity contribution in [1.29, 1.82) is 0 Å². The van der Waals surface area contributed by atoms with Gasteiger partial charge in [-0.15, -0.1) is 11.8 Å². The fourth-order valence-electron chi connectivity index (χ4n) is 2.25. The lowest BCUT2D eigenvalue weighted by Crippen LogP contribution is -2.50. The van der Waals surface area contributed by atoms with Gasteiger partial charge in [0, 0.05) is 29.9 Å². The fraction of sp³-hybridized carbons (Fsp3) is 0.467. The maximum absolute atomic E-state index is 12.6. The van der Waals surface area contributed by atoms with Crippen LogP contribution in [-0.2, 0) is 9.59 Å². The van der Waals surface area contributed by atoms with Gasteiger partial charge in [0.25, 0.3) is 5.91 Å². The van der Waals surface area contributed by atoms with E-state index in [-0.39, 0.29) is 11.8 Å². The van der Waals surface area contributed by atoms with Crippen LogP contribution in [0.1, 0.15) is 6.92 Å². The van der Waals surface area contributed by atoms with Gasteiger partial charge in [0.05, 0.1) is 5.88 Å². The highest BCUT2D eigenvalue weighted by Crippen LogP contribution is 2.27. The maximum Gasteiger partial charge on any atom is 0.264 e. The molecule has 1 aliphatic heterocycles. The monoisotopic (exact) mass is 376 g/mol. The van der Waals surface area contributed by atoms with Gasteiger partial charge >= 0.3 is 0 Å². The first-order chi connectivity index (χ1) is 10.8. The zero-order valence-electron chi connectivity index (χ0n) is 13.1. The zero-order valence-corrected chi connectivity index (χ0v) is 15.4. The van der Waals surface area contributed by atoms with E-state index in [9.17, 15) is 9.59 Å². The van der Waals surface area contributed by atoms with Crippen molar-refractivity contribution in [3.63, 3.8) is 0 Å². The number of carbonyl (C=O) groups is 2. The number of hydrogen-bond donors (Lipinski definition) is 0. The van der Waals surface area contributed by atoms with Crippen molar-refractivity contribution in [1.82, 2.24) is 9.80 Å². The maximum atomic E-state index is 12.6. The summed E-state index contributed by atoms with van der Waals surface area (Å²) in [6.07, 6.45) is -0.735. The quantitative estimate of drug-likeness (QED) is 0.810. The Kier molecular flexibility index (Phi) is 6.06. The molecule has 23 heavy (non-hydrogen) atoms. The molecule has 126 valence electrons. The van der Waals surface area contributed by atoms with Crippen molar-refractivity contribution in [2.45, 2.75) is 19.1 Å². The number of thioether (sulfide) groups is 1. The SMILES string of the molecule is C[C@@H](Oc1cc(Cl)cc(Cl)c1)C(=O)N1CSC[C@H]1C(=O)N(C)C. The first kappa shape index (κ1) is 18.2. The Hall–Kier alpha value is -1.11. The summed E-state index contributed by atoms with van der Waals surface area (Å²) in [6.45, 7) is 1.65. The van der Waals surface area contributed by atoms with Gasteiger partial charge in [-0.1, -0.05) is 23.2 Å². The molecular weight excluding hydrogens is 359 g/mol. The van der Waals surface area contributed by atoms with Crippen molar-refractivity contribution in [3.8, 4) is 5.75 Å². The van der Waals surface area contributed by atoms with Gasteiger partial charge in [0.1, 0.15) is 11.8 Å². The largest absolute Gasteiger partial charge is 0.481 e. The van der Waals surface area contributed by atoms with E-state index in [1.54, 1.807) is 55.9 Å². The van der Waals surface area contributed by atoms with Crippen molar-refractivity contribution >= 4 is 46.8 Å². The van der Waals surface area contributed by atoms with Crippen molar-refractivity contribution in [3.05, 3.63) is 28.2 Å². The topological polar surface area (TPSA) is 49.9 Å². The molecule has 1 heterocycles. The number of ether oxygens (including phenoxy) is 1. The molecule has 2 rings (SSSR count). The molecule has 1 aromatic carbocycles. The lowest BCUT2D eigenvalue weighted by molar-refractivity contribution is -0.145. The first-order valence-corrected chi connectivity index (χ1v) is 8.93. The van der Waals surface area contributed by atoms with Crippen LogP contribution in [0.2, 0.25) is 10.0 Å². The Labute approximate surface area is 149 Å². The lowest BCUT2D eigenvalue weighted by Gasteiger charge is -2.27. The van der Waals surface area contributed by atoms with Gasteiger partial charge in [-0.25, -0.2) is 0 Å². The average Bonchev–Trinajstić information content (AvgIpc) is 2.93. The van der Waals surface area contributed by atoms with Gasteiger partial charge < -0.3 is 14.5 Å². The number of carbonyl (C=O) groups excluding carboxylic acids is 2. The minimum absolute atomic E-state index is 0.0821. The number of halogens is 2. The Morgan fingerprint density at radius 1 is 1.30 bits per heavy atom. The summed E-state index contributed by atoms with van der Waals surface area (Å²) in [6, 6.07) is 4.33. The molecule has 0 aromatic heterocycles. The summed E-state index contributed by atoms with van der Waals surface area (Å²) in [5, 5.41) is 0.870. The van der Waals surface area contributed by atoms with Crippen LogP contribution in [0.4, 0.5) is 0 Å². The van der Waals surface area contributed by atoms with Crippen LogP contribution in [0.25, 0.3) is 0 Å². The van der Waals surface area contributed by atoms with E-state index in [0.717, 1.165) is 0 Å². The highest BCUT2D eigenvalue weighted by Gasteiger charge is 2.37. The predicted molar refractivity (Wildman–Crippen MR) is 93.2 cm³/mol. The van der Waals surface area contributed by atoms with Gasteiger partial charge in [0.15, 0.2) is 6.10 Å². The van der Waals surface area contributed by atoms with E-state index in [1.807, 2.05) is 0 Å². The second-order valence-corrected chi connectivity index (χ2v) is 7.29. The van der Waals surface area contributed by atoms with Crippen LogP contribution < -0.4 is 4.74 Å². The van der Waals surface area contributed by atoms with E-state index in [1.165, 1.54) is 4.90 Å². The number of nitrogens with zero attached hydrogens (tertiary/aromatic N) is 2. The molecule has 1 aliphatic rings. The van der Waals surface area contributed by atoms with Gasteiger partial charge in [0.2, 0.25) is 5.91 Å². The van der Waals surface area contributed by atoms with Crippen molar-refractivity contribution in [2.24, 2.45) is 0 Å². The van der Waals surface area contributed by atoms with E-state index in [0.29, 0.717) is 27.4 Å². The summed E-state index contributed by atoms with van der Waals surface area (Å²) in [7, 11) is 3.36. The van der Waals surface area contributed by atoms with E-state index >= 15 is 0 Å². The second kappa shape index (κ2) is 7.64. The number of benzene rings is 1.